The van der Waals surface area contributed by atoms with Crippen LogP contribution in [0.15, 0.2) is 24.3 Å². The van der Waals surface area contributed by atoms with E-state index >= 15 is 0 Å². The van der Waals surface area contributed by atoms with Crippen molar-refractivity contribution in [2.24, 2.45) is 0 Å². The highest BCUT2D eigenvalue weighted by molar-refractivity contribution is 5.94. The van der Waals surface area contributed by atoms with Crippen molar-refractivity contribution >= 4 is 5.91 Å². The molecule has 1 aliphatic rings. The molecular formula is C17H26N2O2. The number of amides is 1. The zero-order valence-corrected chi connectivity index (χ0v) is 13.1. The minimum absolute atomic E-state index is 0.0221. The molecule has 116 valence electrons. The molecule has 0 unspecified atom stereocenters. The number of carbonyl (C=O) groups is 1. The molecule has 0 bridgehead atoms. The zero-order chi connectivity index (χ0) is 15.1. The molecule has 21 heavy (non-hydrogen) atoms. The number of rotatable bonds is 6. The van der Waals surface area contributed by atoms with Gasteiger partial charge in [-0.2, -0.15) is 0 Å². The molecule has 1 aromatic carbocycles. The highest BCUT2D eigenvalue weighted by Crippen LogP contribution is 2.10. The first-order valence-electron chi connectivity index (χ1n) is 7.89. The highest BCUT2D eigenvalue weighted by atomic mass is 16.5. The van der Waals surface area contributed by atoms with Crippen LogP contribution in [0.25, 0.3) is 0 Å². The van der Waals surface area contributed by atoms with E-state index < -0.39 is 0 Å². The summed E-state index contributed by atoms with van der Waals surface area (Å²) in [6.07, 6.45) is 2.10. The molecule has 0 aliphatic carbocycles. The summed E-state index contributed by atoms with van der Waals surface area (Å²) in [5, 5.41) is 3.03. The van der Waals surface area contributed by atoms with Crippen molar-refractivity contribution in [3.05, 3.63) is 35.4 Å². The fourth-order valence-electron chi connectivity index (χ4n) is 2.59. The number of hydrogen-bond acceptors (Lipinski definition) is 3. The molecule has 0 aromatic heterocycles. The summed E-state index contributed by atoms with van der Waals surface area (Å²) in [4.78, 5) is 14.5. The van der Waals surface area contributed by atoms with Gasteiger partial charge in [0.2, 0.25) is 0 Å². The van der Waals surface area contributed by atoms with Crippen molar-refractivity contribution < 1.29 is 9.53 Å². The number of ether oxygens (including phenoxy) is 1. The van der Waals surface area contributed by atoms with Gasteiger partial charge < -0.3 is 10.1 Å². The molecule has 0 saturated carbocycles. The minimum atomic E-state index is 0.0221. The molecule has 0 radical (unpaired) electrons. The third kappa shape index (κ3) is 5.14. The Morgan fingerprint density at radius 1 is 1.29 bits per heavy atom. The van der Waals surface area contributed by atoms with Crippen LogP contribution in [0, 0.1) is 0 Å². The Kier molecular flexibility index (Phi) is 6.21. The normalized spacial score (nSPS) is 17.4. The number of nitrogens with one attached hydrogen (secondary N) is 1. The van der Waals surface area contributed by atoms with Crippen LogP contribution < -0.4 is 5.32 Å². The first kappa shape index (κ1) is 16.0. The van der Waals surface area contributed by atoms with E-state index in [1.165, 1.54) is 5.56 Å². The minimum Gasteiger partial charge on any atom is -0.379 e. The van der Waals surface area contributed by atoms with Crippen molar-refractivity contribution in [2.45, 2.75) is 39.3 Å². The fraction of sp³-hybridized carbons (Fsp3) is 0.588. The van der Waals surface area contributed by atoms with E-state index in [0.29, 0.717) is 0 Å². The zero-order valence-electron chi connectivity index (χ0n) is 13.1. The first-order valence-corrected chi connectivity index (χ1v) is 7.89. The van der Waals surface area contributed by atoms with E-state index in [1.54, 1.807) is 0 Å². The number of carbonyl (C=O) groups excluding carboxylic acids is 1. The summed E-state index contributed by atoms with van der Waals surface area (Å²) in [6, 6.07) is 8.17. The average Bonchev–Trinajstić information content (AvgIpc) is 2.49. The van der Waals surface area contributed by atoms with Gasteiger partial charge >= 0.3 is 0 Å². The van der Waals surface area contributed by atoms with Crippen molar-refractivity contribution in [1.82, 2.24) is 10.2 Å². The summed E-state index contributed by atoms with van der Waals surface area (Å²) < 4.78 is 5.35. The Morgan fingerprint density at radius 3 is 2.57 bits per heavy atom. The Bertz CT molecular complexity index is 439. The monoisotopic (exact) mass is 290 g/mol. The van der Waals surface area contributed by atoms with Gasteiger partial charge in [-0.3, -0.25) is 9.69 Å². The molecule has 1 fully saturated rings. The molecule has 1 heterocycles. The van der Waals surface area contributed by atoms with Crippen molar-refractivity contribution in [3.63, 3.8) is 0 Å². The third-order valence-corrected chi connectivity index (χ3v) is 3.83. The second-order valence-corrected chi connectivity index (χ2v) is 5.75. The predicted octanol–water partition coefficient (Wildman–Crippen LogP) is 2.44. The van der Waals surface area contributed by atoms with Gasteiger partial charge in [0.1, 0.15) is 0 Å². The molecular weight excluding hydrogens is 264 g/mol. The Labute approximate surface area is 127 Å². The maximum Gasteiger partial charge on any atom is 0.251 e. The Morgan fingerprint density at radius 2 is 1.95 bits per heavy atom. The van der Waals surface area contributed by atoms with Gasteiger partial charge in [-0.15, -0.1) is 0 Å². The van der Waals surface area contributed by atoms with Crippen LogP contribution in [0.4, 0.5) is 0 Å². The number of morpholine rings is 1. The molecule has 1 amide bonds. The van der Waals surface area contributed by atoms with E-state index in [-0.39, 0.29) is 11.9 Å². The van der Waals surface area contributed by atoms with Gasteiger partial charge in [0.05, 0.1) is 13.2 Å². The predicted molar refractivity (Wildman–Crippen MR) is 84.4 cm³/mol. The van der Waals surface area contributed by atoms with E-state index in [4.69, 9.17) is 4.74 Å². The Balaban J connectivity index is 1.87. The van der Waals surface area contributed by atoms with Crippen LogP contribution in [0.1, 0.15) is 42.6 Å². The molecule has 0 spiro atoms. The van der Waals surface area contributed by atoms with Crippen LogP contribution in [0.5, 0.6) is 0 Å². The lowest BCUT2D eigenvalue weighted by molar-refractivity contribution is 0.0342. The number of hydrogen-bond donors (Lipinski definition) is 1. The summed E-state index contributed by atoms with van der Waals surface area (Å²) in [7, 11) is 0. The summed E-state index contributed by atoms with van der Waals surface area (Å²) in [6.45, 7) is 8.70. The van der Waals surface area contributed by atoms with Crippen molar-refractivity contribution in [2.75, 3.05) is 26.3 Å². The van der Waals surface area contributed by atoms with Gasteiger partial charge in [-0.1, -0.05) is 25.5 Å². The second kappa shape index (κ2) is 8.15. The average molecular weight is 290 g/mol. The maximum absolute atomic E-state index is 12.1. The van der Waals surface area contributed by atoms with Crippen molar-refractivity contribution in [1.29, 1.82) is 0 Å². The third-order valence-electron chi connectivity index (χ3n) is 3.83. The quantitative estimate of drug-likeness (QED) is 0.875. The van der Waals surface area contributed by atoms with Gasteiger partial charge in [-0.05, 0) is 31.0 Å². The van der Waals surface area contributed by atoms with Crippen LogP contribution in [0.2, 0.25) is 0 Å². The van der Waals surface area contributed by atoms with Crippen LogP contribution in [-0.4, -0.2) is 43.2 Å². The Hall–Kier alpha value is -1.39. The summed E-state index contributed by atoms with van der Waals surface area (Å²) in [5.74, 6) is 0.0221. The van der Waals surface area contributed by atoms with E-state index in [9.17, 15) is 4.79 Å². The molecule has 1 N–H and O–H groups in total. The first-order chi connectivity index (χ1) is 10.2. The molecule has 1 saturated heterocycles. The van der Waals surface area contributed by atoms with Crippen LogP contribution >= 0.6 is 0 Å². The molecule has 1 atom stereocenters. The summed E-state index contributed by atoms with van der Waals surface area (Å²) >= 11 is 0. The van der Waals surface area contributed by atoms with E-state index in [2.05, 4.69) is 29.3 Å². The van der Waals surface area contributed by atoms with Crippen LogP contribution in [0.3, 0.4) is 0 Å². The van der Waals surface area contributed by atoms with Gasteiger partial charge in [0, 0.05) is 31.2 Å². The lowest BCUT2D eigenvalue weighted by Gasteiger charge is -2.26. The van der Waals surface area contributed by atoms with Gasteiger partial charge in [0.15, 0.2) is 0 Å². The highest BCUT2D eigenvalue weighted by Gasteiger charge is 2.12. The summed E-state index contributed by atoms with van der Waals surface area (Å²) in [5.41, 5.74) is 1.98. The molecule has 1 aliphatic heterocycles. The van der Waals surface area contributed by atoms with E-state index in [0.717, 1.165) is 51.3 Å². The molecule has 1 aromatic rings. The smallest absolute Gasteiger partial charge is 0.251 e. The lowest BCUT2D eigenvalue weighted by Crippen LogP contribution is -2.35. The van der Waals surface area contributed by atoms with E-state index in [1.807, 2.05) is 19.1 Å². The molecule has 4 nitrogen and oxygen atoms in total. The van der Waals surface area contributed by atoms with Crippen molar-refractivity contribution in [3.8, 4) is 0 Å². The van der Waals surface area contributed by atoms with Gasteiger partial charge in [0.25, 0.3) is 5.91 Å². The fourth-order valence-corrected chi connectivity index (χ4v) is 2.59. The number of nitrogens with zero attached hydrogens (tertiary/aromatic N) is 1. The largest absolute Gasteiger partial charge is 0.379 e. The molecule has 2 rings (SSSR count). The maximum atomic E-state index is 12.1. The topological polar surface area (TPSA) is 41.6 Å². The molecule has 4 heteroatoms. The van der Waals surface area contributed by atoms with Crippen LogP contribution in [-0.2, 0) is 11.3 Å². The second-order valence-electron chi connectivity index (χ2n) is 5.75. The standard InChI is InChI=1S/C17H26N2O2/c1-3-4-14(2)18-17(20)16-7-5-15(6-8-16)13-19-9-11-21-12-10-19/h5-8,14H,3-4,9-13H2,1-2H3,(H,18,20)/t14-/m1/s1. The lowest BCUT2D eigenvalue weighted by atomic mass is 10.1. The number of benzene rings is 1. The van der Waals surface area contributed by atoms with Gasteiger partial charge in [-0.25, -0.2) is 0 Å². The SMILES string of the molecule is CCC[C@@H](C)NC(=O)c1ccc(CN2CCOCC2)cc1.